The molecule has 146 valence electrons. The minimum absolute atomic E-state index is 0.0274. The molecule has 28 heavy (non-hydrogen) atoms. The van der Waals surface area contributed by atoms with E-state index < -0.39 is 0 Å². The van der Waals surface area contributed by atoms with Crippen molar-refractivity contribution in [2.24, 2.45) is 0 Å². The third kappa shape index (κ3) is 5.14. The van der Waals surface area contributed by atoms with Crippen LogP contribution in [0.5, 0.6) is 5.75 Å². The molecule has 0 aliphatic carbocycles. The number of nitrogens with one attached hydrogen (secondary N) is 1. The second kappa shape index (κ2) is 9.75. The van der Waals surface area contributed by atoms with Crippen molar-refractivity contribution < 1.29 is 9.53 Å². The van der Waals surface area contributed by atoms with Crippen molar-refractivity contribution in [3.05, 3.63) is 64.7 Å². The third-order valence-corrected chi connectivity index (χ3v) is 6.28. The minimum Gasteiger partial charge on any atom is -0.497 e. The minimum atomic E-state index is 0.0274. The molecular formula is C22H24N2O2S2. The first-order valence-corrected chi connectivity index (χ1v) is 11.2. The van der Waals surface area contributed by atoms with E-state index in [1.807, 2.05) is 43.3 Å². The summed E-state index contributed by atoms with van der Waals surface area (Å²) >= 11 is 3.20. The highest BCUT2D eigenvalue weighted by Crippen LogP contribution is 2.27. The Hall–Kier alpha value is -2.31. The number of nitrogens with zero attached hydrogens (tertiary/aromatic N) is 1. The lowest BCUT2D eigenvalue weighted by Crippen LogP contribution is -2.16. The van der Waals surface area contributed by atoms with Crippen LogP contribution >= 0.6 is 23.1 Å². The number of rotatable bonds is 8. The summed E-state index contributed by atoms with van der Waals surface area (Å²) in [5.41, 5.74) is 5.29. The number of para-hydroxylation sites is 1. The van der Waals surface area contributed by atoms with Crippen LogP contribution < -0.4 is 10.1 Å². The van der Waals surface area contributed by atoms with Gasteiger partial charge in [-0.1, -0.05) is 25.1 Å². The fraction of sp³-hybridized carbons (Fsp3) is 0.273. The molecule has 0 aliphatic heterocycles. The van der Waals surface area contributed by atoms with Crippen LogP contribution in [0.2, 0.25) is 0 Å². The molecule has 1 N–H and O–H groups in total. The average Bonchev–Trinajstić information content (AvgIpc) is 3.18. The third-order valence-electron chi connectivity index (χ3n) is 4.38. The smallest absolute Gasteiger partial charge is 0.234 e. The molecule has 3 aromatic rings. The molecule has 1 heterocycles. The first-order chi connectivity index (χ1) is 13.6. The molecule has 0 unspecified atom stereocenters. The predicted octanol–water partition coefficient (Wildman–Crippen LogP) is 5.56. The molecule has 0 radical (unpaired) electrons. The number of anilines is 1. The van der Waals surface area contributed by atoms with E-state index in [2.05, 4.69) is 28.7 Å². The number of carbonyl (C=O) groups is 1. The quantitative estimate of drug-likeness (QED) is 0.526. The second-order valence-corrected chi connectivity index (χ2v) is 8.22. The molecule has 0 aliphatic rings. The number of thiazole rings is 1. The van der Waals surface area contributed by atoms with Gasteiger partial charge < -0.3 is 10.1 Å². The van der Waals surface area contributed by atoms with Gasteiger partial charge in [-0.15, -0.1) is 23.1 Å². The van der Waals surface area contributed by atoms with Gasteiger partial charge in [0.1, 0.15) is 10.8 Å². The summed E-state index contributed by atoms with van der Waals surface area (Å²) in [5.74, 6) is 1.99. The molecule has 0 bridgehead atoms. The molecule has 1 aromatic heterocycles. The molecule has 0 saturated carbocycles. The largest absolute Gasteiger partial charge is 0.497 e. The molecule has 0 saturated heterocycles. The number of aromatic nitrogens is 1. The van der Waals surface area contributed by atoms with E-state index in [0.717, 1.165) is 39.7 Å². The van der Waals surface area contributed by atoms with Gasteiger partial charge in [0.25, 0.3) is 0 Å². The fourth-order valence-corrected chi connectivity index (χ4v) is 4.51. The van der Waals surface area contributed by atoms with Crippen molar-refractivity contribution >= 4 is 34.7 Å². The van der Waals surface area contributed by atoms with Crippen molar-refractivity contribution in [2.75, 3.05) is 18.2 Å². The van der Waals surface area contributed by atoms with Crippen LogP contribution in [-0.2, 0) is 17.0 Å². The van der Waals surface area contributed by atoms with Crippen molar-refractivity contribution in [2.45, 2.75) is 26.0 Å². The molecule has 0 spiro atoms. The average molecular weight is 413 g/mol. The van der Waals surface area contributed by atoms with Gasteiger partial charge in [-0.05, 0) is 48.7 Å². The summed E-state index contributed by atoms with van der Waals surface area (Å²) in [6.07, 6.45) is 0.900. The van der Waals surface area contributed by atoms with Crippen LogP contribution in [0.25, 0.3) is 10.6 Å². The van der Waals surface area contributed by atoms with Crippen LogP contribution in [0.1, 0.15) is 23.7 Å². The number of thioether (sulfide) groups is 1. The maximum absolute atomic E-state index is 12.3. The number of aryl methyl sites for hydroxylation is 2. The Morgan fingerprint density at radius 1 is 1.21 bits per heavy atom. The van der Waals surface area contributed by atoms with Gasteiger partial charge >= 0.3 is 0 Å². The number of amides is 1. The molecule has 4 nitrogen and oxygen atoms in total. The SMILES string of the molecule is CCc1cccc(C)c1NC(=O)CSCc1csc(-c2ccc(OC)cc2)n1. The predicted molar refractivity (Wildman–Crippen MR) is 119 cm³/mol. The highest BCUT2D eigenvalue weighted by molar-refractivity contribution is 7.99. The molecule has 2 aromatic carbocycles. The van der Waals surface area contributed by atoms with E-state index in [-0.39, 0.29) is 5.91 Å². The summed E-state index contributed by atoms with van der Waals surface area (Å²) in [5, 5.41) is 6.11. The zero-order valence-corrected chi connectivity index (χ0v) is 18.0. The van der Waals surface area contributed by atoms with Gasteiger partial charge in [0.15, 0.2) is 0 Å². The maximum Gasteiger partial charge on any atom is 0.234 e. The van der Waals surface area contributed by atoms with Gasteiger partial charge in [-0.3, -0.25) is 4.79 Å². The van der Waals surface area contributed by atoms with Crippen LogP contribution in [0, 0.1) is 6.92 Å². The van der Waals surface area contributed by atoms with Gasteiger partial charge in [-0.25, -0.2) is 4.98 Å². The Balaban J connectivity index is 1.53. The Morgan fingerprint density at radius 3 is 2.71 bits per heavy atom. The van der Waals surface area contributed by atoms with Crippen LogP contribution in [0.4, 0.5) is 5.69 Å². The number of benzene rings is 2. The summed E-state index contributed by atoms with van der Waals surface area (Å²) in [7, 11) is 1.66. The molecule has 0 fully saturated rings. The summed E-state index contributed by atoms with van der Waals surface area (Å²) in [6, 6.07) is 14.0. The van der Waals surface area contributed by atoms with E-state index in [1.165, 1.54) is 5.56 Å². The van der Waals surface area contributed by atoms with Crippen molar-refractivity contribution in [3.8, 4) is 16.3 Å². The second-order valence-electron chi connectivity index (χ2n) is 6.38. The normalized spacial score (nSPS) is 10.7. The monoisotopic (exact) mass is 412 g/mol. The molecule has 6 heteroatoms. The van der Waals surface area contributed by atoms with E-state index in [9.17, 15) is 4.79 Å². The van der Waals surface area contributed by atoms with Crippen molar-refractivity contribution in [3.63, 3.8) is 0 Å². The molecule has 1 amide bonds. The Morgan fingerprint density at radius 2 is 2.00 bits per heavy atom. The van der Waals surface area contributed by atoms with Crippen LogP contribution in [0.3, 0.4) is 0 Å². The lowest BCUT2D eigenvalue weighted by Gasteiger charge is -2.12. The fourth-order valence-electron chi connectivity index (χ4n) is 2.87. The maximum atomic E-state index is 12.3. The van der Waals surface area contributed by atoms with E-state index in [4.69, 9.17) is 4.74 Å². The van der Waals surface area contributed by atoms with Crippen molar-refractivity contribution in [1.82, 2.24) is 4.98 Å². The first kappa shape index (κ1) is 20.4. The van der Waals surface area contributed by atoms with E-state index in [0.29, 0.717) is 11.5 Å². The van der Waals surface area contributed by atoms with Gasteiger partial charge in [0, 0.05) is 22.4 Å². The lowest BCUT2D eigenvalue weighted by molar-refractivity contribution is -0.113. The Labute approximate surface area is 174 Å². The number of hydrogen-bond donors (Lipinski definition) is 1. The van der Waals surface area contributed by atoms with E-state index in [1.54, 1.807) is 30.2 Å². The molecule has 3 rings (SSSR count). The topological polar surface area (TPSA) is 51.2 Å². The summed E-state index contributed by atoms with van der Waals surface area (Å²) in [6.45, 7) is 4.12. The number of hydrogen-bond acceptors (Lipinski definition) is 5. The number of carbonyl (C=O) groups excluding carboxylic acids is 1. The summed E-state index contributed by atoms with van der Waals surface area (Å²) < 4.78 is 5.19. The highest BCUT2D eigenvalue weighted by atomic mass is 32.2. The standard InChI is InChI=1S/C22H24N2O2S2/c1-4-16-7-5-6-15(2)21(16)24-20(25)14-27-12-18-13-28-22(23-18)17-8-10-19(26-3)11-9-17/h5-11,13H,4,12,14H2,1-3H3,(H,24,25). The lowest BCUT2D eigenvalue weighted by atomic mass is 10.1. The molecule has 0 atom stereocenters. The Kier molecular flexibility index (Phi) is 7.12. The van der Waals surface area contributed by atoms with Crippen molar-refractivity contribution in [1.29, 1.82) is 0 Å². The highest BCUT2D eigenvalue weighted by Gasteiger charge is 2.10. The Bertz CT molecular complexity index is 936. The summed E-state index contributed by atoms with van der Waals surface area (Å²) in [4.78, 5) is 17.0. The first-order valence-electron chi connectivity index (χ1n) is 9.15. The van der Waals surface area contributed by atoms with Crippen LogP contribution in [0.15, 0.2) is 47.8 Å². The number of ether oxygens (including phenoxy) is 1. The van der Waals surface area contributed by atoms with E-state index >= 15 is 0 Å². The number of methoxy groups -OCH3 is 1. The van der Waals surface area contributed by atoms with Gasteiger partial charge in [0.05, 0.1) is 18.6 Å². The van der Waals surface area contributed by atoms with Crippen LogP contribution in [-0.4, -0.2) is 23.8 Å². The molecular weight excluding hydrogens is 388 g/mol. The zero-order valence-electron chi connectivity index (χ0n) is 16.3. The van der Waals surface area contributed by atoms with Gasteiger partial charge in [0.2, 0.25) is 5.91 Å². The zero-order chi connectivity index (χ0) is 19.9. The van der Waals surface area contributed by atoms with Gasteiger partial charge in [-0.2, -0.15) is 0 Å².